The third-order valence-corrected chi connectivity index (χ3v) is 6.14. The van der Waals surface area contributed by atoms with Gasteiger partial charge in [0.1, 0.15) is 11.6 Å². The van der Waals surface area contributed by atoms with Gasteiger partial charge in [0.2, 0.25) is 0 Å². The number of nitrogens with zero attached hydrogens (tertiary/aromatic N) is 1. The van der Waals surface area contributed by atoms with Crippen LogP contribution >= 0.6 is 11.6 Å². The van der Waals surface area contributed by atoms with Gasteiger partial charge in [-0.15, -0.1) is 0 Å². The second-order valence-electron chi connectivity index (χ2n) is 8.34. The molecule has 0 aliphatic carbocycles. The molecule has 1 atom stereocenters. The van der Waals surface area contributed by atoms with Crippen molar-refractivity contribution in [3.05, 3.63) is 94.8 Å². The van der Waals surface area contributed by atoms with Gasteiger partial charge in [0.25, 0.3) is 11.8 Å². The zero-order valence-corrected chi connectivity index (χ0v) is 19.9. The molecule has 6 nitrogen and oxygen atoms in total. The first-order valence-corrected chi connectivity index (χ1v) is 11.9. The molecule has 1 unspecified atom stereocenters. The van der Waals surface area contributed by atoms with Crippen LogP contribution < -0.4 is 15.4 Å². The summed E-state index contributed by atoms with van der Waals surface area (Å²) in [6.45, 7) is 1.96. The van der Waals surface area contributed by atoms with Crippen molar-refractivity contribution in [1.82, 2.24) is 10.2 Å². The summed E-state index contributed by atoms with van der Waals surface area (Å²) in [7, 11) is 0. The lowest BCUT2D eigenvalue weighted by atomic mass is 10.1. The molecule has 1 heterocycles. The van der Waals surface area contributed by atoms with Crippen LogP contribution in [0.4, 0.5) is 10.1 Å². The molecule has 0 bridgehead atoms. The van der Waals surface area contributed by atoms with Crippen LogP contribution in [0, 0.1) is 5.82 Å². The van der Waals surface area contributed by atoms with Crippen LogP contribution in [0.2, 0.25) is 5.02 Å². The van der Waals surface area contributed by atoms with Crippen molar-refractivity contribution in [3.63, 3.8) is 0 Å². The molecule has 2 amide bonds. The topological polar surface area (TPSA) is 70.7 Å². The Morgan fingerprint density at radius 1 is 1.00 bits per heavy atom. The van der Waals surface area contributed by atoms with E-state index in [-0.39, 0.29) is 30.0 Å². The minimum absolute atomic E-state index is 0.000206. The maximum atomic E-state index is 13.8. The molecule has 0 aromatic heterocycles. The van der Waals surface area contributed by atoms with Crippen molar-refractivity contribution in [2.24, 2.45) is 0 Å². The first-order valence-electron chi connectivity index (χ1n) is 11.5. The Morgan fingerprint density at radius 3 is 2.51 bits per heavy atom. The molecule has 2 N–H and O–H groups in total. The van der Waals surface area contributed by atoms with Crippen LogP contribution in [0.25, 0.3) is 0 Å². The maximum Gasteiger partial charge on any atom is 0.262 e. The number of halogens is 2. The number of para-hydroxylation sites is 2. The van der Waals surface area contributed by atoms with Crippen molar-refractivity contribution >= 4 is 29.1 Å². The molecule has 3 aromatic carbocycles. The van der Waals surface area contributed by atoms with Gasteiger partial charge in [0.05, 0.1) is 17.3 Å². The predicted molar refractivity (Wildman–Crippen MR) is 134 cm³/mol. The fourth-order valence-electron chi connectivity index (χ4n) is 4.18. The minimum atomic E-state index is -0.534. The van der Waals surface area contributed by atoms with Crippen molar-refractivity contribution in [2.75, 3.05) is 31.6 Å². The average molecular weight is 496 g/mol. The summed E-state index contributed by atoms with van der Waals surface area (Å²) in [5.41, 5.74) is 1.44. The zero-order chi connectivity index (χ0) is 24.6. The summed E-state index contributed by atoms with van der Waals surface area (Å²) in [6, 6.07) is 20.3. The standard InChI is InChI=1S/C27H27ClFN3O3/c28-20-9-7-8-19(16-20)24(32-14-5-6-15-32)17-30-27(34)21-10-1-4-13-25(21)35-18-26(33)31-23-12-3-2-11-22(23)29/h1-4,7-13,16,24H,5-6,14-15,17-18H2,(H,30,34)(H,31,33). The molecule has 1 saturated heterocycles. The maximum absolute atomic E-state index is 13.8. The van der Waals surface area contributed by atoms with Gasteiger partial charge in [-0.3, -0.25) is 14.5 Å². The average Bonchev–Trinajstić information content (AvgIpc) is 3.39. The van der Waals surface area contributed by atoms with Crippen molar-refractivity contribution in [1.29, 1.82) is 0 Å². The number of nitrogens with one attached hydrogen (secondary N) is 2. The van der Waals surface area contributed by atoms with Crippen LogP contribution in [-0.4, -0.2) is 43.0 Å². The monoisotopic (exact) mass is 495 g/mol. The lowest BCUT2D eigenvalue weighted by Crippen LogP contribution is -2.37. The molecule has 3 aromatic rings. The van der Waals surface area contributed by atoms with Crippen LogP contribution in [0.3, 0.4) is 0 Å². The molecule has 1 aliphatic rings. The number of hydrogen-bond acceptors (Lipinski definition) is 4. The Hall–Kier alpha value is -3.42. The Morgan fingerprint density at radius 2 is 1.74 bits per heavy atom. The fourth-order valence-corrected chi connectivity index (χ4v) is 4.38. The highest BCUT2D eigenvalue weighted by Gasteiger charge is 2.25. The molecule has 35 heavy (non-hydrogen) atoms. The van der Waals surface area contributed by atoms with E-state index in [9.17, 15) is 14.0 Å². The second-order valence-corrected chi connectivity index (χ2v) is 8.77. The van der Waals surface area contributed by atoms with Gasteiger partial charge in [-0.25, -0.2) is 4.39 Å². The Kier molecular flexibility index (Phi) is 8.34. The van der Waals surface area contributed by atoms with Crippen molar-refractivity contribution in [2.45, 2.75) is 18.9 Å². The molecule has 8 heteroatoms. The number of carbonyl (C=O) groups is 2. The smallest absolute Gasteiger partial charge is 0.262 e. The zero-order valence-electron chi connectivity index (χ0n) is 19.2. The van der Waals surface area contributed by atoms with Gasteiger partial charge in [0.15, 0.2) is 6.61 Å². The Balaban J connectivity index is 1.40. The predicted octanol–water partition coefficient (Wildman–Crippen LogP) is 5.06. The van der Waals surface area contributed by atoms with E-state index in [1.807, 2.05) is 24.3 Å². The summed E-state index contributed by atoms with van der Waals surface area (Å²) >= 11 is 6.22. The largest absolute Gasteiger partial charge is 0.483 e. The summed E-state index contributed by atoms with van der Waals surface area (Å²) < 4.78 is 19.4. The number of benzene rings is 3. The lowest BCUT2D eigenvalue weighted by molar-refractivity contribution is -0.118. The molecule has 0 radical (unpaired) electrons. The number of anilines is 1. The van der Waals surface area contributed by atoms with Gasteiger partial charge in [0, 0.05) is 11.6 Å². The van der Waals surface area contributed by atoms with E-state index in [4.69, 9.17) is 16.3 Å². The van der Waals surface area contributed by atoms with Crippen LogP contribution in [0.5, 0.6) is 5.75 Å². The summed E-state index contributed by atoms with van der Waals surface area (Å²) in [5.74, 6) is -1.09. The summed E-state index contributed by atoms with van der Waals surface area (Å²) in [5, 5.41) is 6.14. The van der Waals surface area contributed by atoms with Gasteiger partial charge >= 0.3 is 0 Å². The molecular formula is C27H27ClFN3O3. The van der Waals surface area contributed by atoms with E-state index in [0.717, 1.165) is 31.5 Å². The third-order valence-electron chi connectivity index (χ3n) is 5.91. The van der Waals surface area contributed by atoms with Crippen LogP contribution in [0.15, 0.2) is 72.8 Å². The second kappa shape index (κ2) is 11.8. The molecule has 4 rings (SSSR count). The molecule has 1 aliphatic heterocycles. The highest BCUT2D eigenvalue weighted by Crippen LogP contribution is 2.27. The number of ether oxygens (including phenoxy) is 1. The van der Waals surface area contributed by atoms with Crippen LogP contribution in [0.1, 0.15) is 34.8 Å². The van der Waals surface area contributed by atoms with E-state index in [1.54, 1.807) is 30.3 Å². The summed E-state index contributed by atoms with van der Waals surface area (Å²) in [4.78, 5) is 27.7. The Labute approximate surface area is 209 Å². The van der Waals surface area contributed by atoms with E-state index in [2.05, 4.69) is 15.5 Å². The van der Waals surface area contributed by atoms with Gasteiger partial charge in [-0.1, -0.05) is 48.0 Å². The fraction of sp³-hybridized carbons (Fsp3) is 0.259. The van der Waals surface area contributed by atoms with Crippen molar-refractivity contribution in [3.8, 4) is 5.75 Å². The minimum Gasteiger partial charge on any atom is -0.483 e. The first kappa shape index (κ1) is 24.7. The van der Waals surface area contributed by atoms with E-state index >= 15 is 0 Å². The molecule has 182 valence electrons. The summed E-state index contributed by atoms with van der Waals surface area (Å²) in [6.07, 6.45) is 2.24. The number of rotatable bonds is 9. The van der Waals surface area contributed by atoms with Gasteiger partial charge < -0.3 is 15.4 Å². The number of amides is 2. The van der Waals surface area contributed by atoms with Crippen LogP contribution in [-0.2, 0) is 4.79 Å². The van der Waals surface area contributed by atoms with E-state index in [1.165, 1.54) is 18.2 Å². The highest BCUT2D eigenvalue weighted by atomic mass is 35.5. The number of hydrogen-bond donors (Lipinski definition) is 2. The van der Waals surface area contributed by atoms with E-state index in [0.29, 0.717) is 17.1 Å². The molecule has 0 spiro atoms. The number of likely N-dealkylation sites (tertiary alicyclic amines) is 1. The number of carbonyl (C=O) groups excluding carboxylic acids is 2. The van der Waals surface area contributed by atoms with Gasteiger partial charge in [-0.05, 0) is 67.9 Å². The normalized spacial score (nSPS) is 14.3. The molecular weight excluding hydrogens is 469 g/mol. The molecule has 1 fully saturated rings. The molecule has 0 saturated carbocycles. The van der Waals surface area contributed by atoms with Crippen molar-refractivity contribution < 1.29 is 18.7 Å². The van der Waals surface area contributed by atoms with Gasteiger partial charge in [-0.2, -0.15) is 0 Å². The Bertz CT molecular complexity index is 1180. The SMILES string of the molecule is O=C(COc1ccccc1C(=O)NCC(c1cccc(Cl)c1)N1CCCC1)Nc1ccccc1F. The highest BCUT2D eigenvalue weighted by molar-refractivity contribution is 6.30. The lowest BCUT2D eigenvalue weighted by Gasteiger charge is -2.28. The quantitative estimate of drug-likeness (QED) is 0.435. The first-order chi connectivity index (χ1) is 17.0. The third kappa shape index (κ3) is 6.59. The van der Waals surface area contributed by atoms with E-state index < -0.39 is 11.7 Å².